The minimum atomic E-state index is -0.255. The number of aliphatic hydroxyl groups excluding tert-OH is 1. The van der Waals surface area contributed by atoms with Crippen LogP contribution in [0, 0.1) is 13.8 Å². The summed E-state index contributed by atoms with van der Waals surface area (Å²) in [7, 11) is 0. The Morgan fingerprint density at radius 3 is 2.50 bits per heavy atom. The molecule has 5 nitrogen and oxygen atoms in total. The van der Waals surface area contributed by atoms with Gasteiger partial charge in [0.25, 0.3) is 0 Å². The molecule has 0 unspecified atom stereocenters. The SMILES string of the molecule is Cc1cnc(N2CCN(C[C@@H](C)O)CC2)nc1C. The molecule has 2 heterocycles. The average molecular weight is 250 g/mol. The van der Waals surface area contributed by atoms with Gasteiger partial charge in [-0.1, -0.05) is 0 Å². The summed E-state index contributed by atoms with van der Waals surface area (Å²) in [5.74, 6) is 0.829. The molecule has 1 saturated heterocycles. The summed E-state index contributed by atoms with van der Waals surface area (Å²) in [6, 6.07) is 0. The number of rotatable bonds is 3. The quantitative estimate of drug-likeness (QED) is 0.851. The lowest BCUT2D eigenvalue weighted by atomic mass is 10.2. The first kappa shape index (κ1) is 13.2. The second-order valence-corrected chi connectivity index (χ2v) is 5.08. The Morgan fingerprint density at radius 1 is 1.28 bits per heavy atom. The lowest BCUT2D eigenvalue weighted by Crippen LogP contribution is -2.48. The van der Waals surface area contributed by atoms with Crippen LogP contribution in [0.1, 0.15) is 18.2 Å². The van der Waals surface area contributed by atoms with Crippen molar-refractivity contribution in [2.45, 2.75) is 26.9 Å². The number of hydrogen-bond donors (Lipinski definition) is 1. The molecule has 1 aromatic rings. The van der Waals surface area contributed by atoms with Crippen molar-refractivity contribution in [2.75, 3.05) is 37.6 Å². The summed E-state index contributed by atoms with van der Waals surface area (Å²) in [5, 5.41) is 9.37. The Labute approximate surface area is 108 Å². The predicted molar refractivity (Wildman–Crippen MR) is 71.8 cm³/mol. The number of anilines is 1. The maximum atomic E-state index is 9.37. The second-order valence-electron chi connectivity index (χ2n) is 5.08. The van der Waals surface area contributed by atoms with E-state index in [4.69, 9.17) is 0 Å². The van der Waals surface area contributed by atoms with Gasteiger partial charge in [-0.05, 0) is 26.3 Å². The molecular formula is C13H22N4O. The maximum absolute atomic E-state index is 9.37. The Kier molecular flexibility index (Phi) is 4.14. The van der Waals surface area contributed by atoms with Gasteiger partial charge >= 0.3 is 0 Å². The highest BCUT2D eigenvalue weighted by molar-refractivity contribution is 5.33. The van der Waals surface area contributed by atoms with E-state index in [-0.39, 0.29) is 6.10 Å². The summed E-state index contributed by atoms with van der Waals surface area (Å²) in [5.41, 5.74) is 2.18. The highest BCUT2D eigenvalue weighted by atomic mass is 16.3. The fourth-order valence-electron chi connectivity index (χ4n) is 2.17. The zero-order chi connectivity index (χ0) is 13.1. The average Bonchev–Trinajstić information content (AvgIpc) is 2.33. The topological polar surface area (TPSA) is 52.5 Å². The zero-order valence-corrected chi connectivity index (χ0v) is 11.4. The number of piperazine rings is 1. The number of hydrogen-bond acceptors (Lipinski definition) is 5. The predicted octanol–water partition coefficient (Wildman–Crippen LogP) is 0.596. The van der Waals surface area contributed by atoms with Gasteiger partial charge in [-0.25, -0.2) is 9.97 Å². The first-order valence-electron chi connectivity index (χ1n) is 6.52. The molecule has 1 fully saturated rings. The highest BCUT2D eigenvalue weighted by Gasteiger charge is 2.19. The van der Waals surface area contributed by atoms with E-state index in [1.165, 1.54) is 0 Å². The molecule has 1 aromatic heterocycles. The summed E-state index contributed by atoms with van der Waals surface area (Å²) in [4.78, 5) is 13.4. The lowest BCUT2D eigenvalue weighted by molar-refractivity contribution is 0.122. The van der Waals surface area contributed by atoms with Gasteiger partial charge < -0.3 is 10.0 Å². The second kappa shape index (κ2) is 5.63. The van der Waals surface area contributed by atoms with Crippen LogP contribution < -0.4 is 4.90 Å². The largest absolute Gasteiger partial charge is 0.392 e. The van der Waals surface area contributed by atoms with Gasteiger partial charge in [0.05, 0.1) is 6.10 Å². The number of aliphatic hydroxyl groups is 1. The molecule has 1 N–H and O–H groups in total. The molecule has 0 bridgehead atoms. The third-order valence-corrected chi connectivity index (χ3v) is 3.39. The lowest BCUT2D eigenvalue weighted by Gasteiger charge is -2.35. The van der Waals surface area contributed by atoms with Gasteiger partial charge in [0, 0.05) is 44.6 Å². The third-order valence-electron chi connectivity index (χ3n) is 3.39. The molecule has 100 valence electrons. The van der Waals surface area contributed by atoms with E-state index in [0.29, 0.717) is 0 Å². The maximum Gasteiger partial charge on any atom is 0.225 e. The molecule has 18 heavy (non-hydrogen) atoms. The molecule has 1 aliphatic heterocycles. The summed E-state index contributed by atoms with van der Waals surface area (Å²) < 4.78 is 0. The monoisotopic (exact) mass is 250 g/mol. The van der Waals surface area contributed by atoms with Crippen molar-refractivity contribution in [3.63, 3.8) is 0 Å². The van der Waals surface area contributed by atoms with E-state index in [9.17, 15) is 5.11 Å². The zero-order valence-electron chi connectivity index (χ0n) is 11.4. The molecule has 0 aliphatic carbocycles. The fourth-order valence-corrected chi connectivity index (χ4v) is 2.17. The van der Waals surface area contributed by atoms with Gasteiger partial charge in [-0.3, -0.25) is 4.90 Å². The van der Waals surface area contributed by atoms with Crippen molar-refractivity contribution in [1.29, 1.82) is 0 Å². The number of aryl methyl sites for hydroxylation is 2. The molecule has 1 aliphatic rings. The van der Waals surface area contributed by atoms with Crippen molar-refractivity contribution in [3.05, 3.63) is 17.5 Å². The molecule has 0 radical (unpaired) electrons. The van der Waals surface area contributed by atoms with Crippen LogP contribution in [-0.4, -0.2) is 58.8 Å². The molecule has 0 spiro atoms. The minimum Gasteiger partial charge on any atom is -0.392 e. The standard InChI is InChI=1S/C13H22N4O/c1-10-8-14-13(15-12(10)3)17-6-4-16(5-7-17)9-11(2)18/h8,11,18H,4-7,9H2,1-3H3/t11-/m1/s1. The van der Waals surface area contributed by atoms with Crippen LogP contribution in [-0.2, 0) is 0 Å². The minimum absolute atomic E-state index is 0.255. The van der Waals surface area contributed by atoms with Gasteiger partial charge in [-0.2, -0.15) is 0 Å². The summed E-state index contributed by atoms with van der Waals surface area (Å²) in [6.45, 7) is 10.4. The Balaban J connectivity index is 1.94. The molecule has 0 aromatic carbocycles. The molecule has 0 amide bonds. The van der Waals surface area contributed by atoms with Crippen LogP contribution in [0.15, 0.2) is 6.20 Å². The van der Waals surface area contributed by atoms with E-state index in [1.54, 1.807) is 0 Å². The molecule has 2 rings (SSSR count). The van der Waals surface area contributed by atoms with Crippen molar-refractivity contribution in [1.82, 2.24) is 14.9 Å². The molecule has 1 atom stereocenters. The van der Waals surface area contributed by atoms with Crippen LogP contribution >= 0.6 is 0 Å². The Hall–Kier alpha value is -1.20. The van der Waals surface area contributed by atoms with Crippen molar-refractivity contribution < 1.29 is 5.11 Å². The van der Waals surface area contributed by atoms with Crippen LogP contribution in [0.3, 0.4) is 0 Å². The van der Waals surface area contributed by atoms with Crippen molar-refractivity contribution in [2.24, 2.45) is 0 Å². The van der Waals surface area contributed by atoms with Crippen LogP contribution in [0.25, 0.3) is 0 Å². The van der Waals surface area contributed by atoms with E-state index in [1.807, 2.05) is 27.0 Å². The van der Waals surface area contributed by atoms with Gasteiger partial charge in [0.15, 0.2) is 0 Å². The summed E-state index contributed by atoms with van der Waals surface area (Å²) in [6.07, 6.45) is 1.63. The van der Waals surface area contributed by atoms with E-state index in [0.717, 1.165) is 49.9 Å². The van der Waals surface area contributed by atoms with Crippen LogP contribution in [0.2, 0.25) is 0 Å². The van der Waals surface area contributed by atoms with Gasteiger partial charge in [0.2, 0.25) is 5.95 Å². The van der Waals surface area contributed by atoms with Gasteiger partial charge in [0.1, 0.15) is 0 Å². The first-order chi connectivity index (χ1) is 8.56. The molecular weight excluding hydrogens is 228 g/mol. The van der Waals surface area contributed by atoms with E-state index >= 15 is 0 Å². The van der Waals surface area contributed by atoms with E-state index < -0.39 is 0 Å². The Morgan fingerprint density at radius 2 is 1.94 bits per heavy atom. The van der Waals surface area contributed by atoms with Crippen molar-refractivity contribution >= 4 is 5.95 Å². The van der Waals surface area contributed by atoms with Gasteiger partial charge in [-0.15, -0.1) is 0 Å². The first-order valence-corrected chi connectivity index (χ1v) is 6.52. The number of β-amino-alcohol motifs (C(OH)–C–C–N with tert-alkyl or cyclic N) is 1. The third kappa shape index (κ3) is 3.17. The molecule has 0 saturated carbocycles. The molecule has 5 heteroatoms. The van der Waals surface area contributed by atoms with Crippen molar-refractivity contribution in [3.8, 4) is 0 Å². The van der Waals surface area contributed by atoms with E-state index in [2.05, 4.69) is 19.8 Å². The number of aromatic nitrogens is 2. The Bertz CT molecular complexity index is 400. The van der Waals surface area contributed by atoms with Crippen LogP contribution in [0.5, 0.6) is 0 Å². The van der Waals surface area contributed by atoms with Crippen LogP contribution in [0.4, 0.5) is 5.95 Å². The number of nitrogens with zero attached hydrogens (tertiary/aromatic N) is 4. The smallest absolute Gasteiger partial charge is 0.225 e. The summed E-state index contributed by atoms with van der Waals surface area (Å²) >= 11 is 0. The normalized spacial score (nSPS) is 19.0. The highest BCUT2D eigenvalue weighted by Crippen LogP contribution is 2.13. The fraction of sp³-hybridized carbons (Fsp3) is 0.692.